The van der Waals surface area contributed by atoms with Crippen LogP contribution >= 0.6 is 0 Å². The number of benzene rings is 1. The van der Waals surface area contributed by atoms with Crippen LogP contribution in [0, 0.1) is 0 Å². The smallest absolute Gasteiger partial charge is 0.330 e. The monoisotopic (exact) mass is 575 g/mol. The average molecular weight is 576 g/mol. The van der Waals surface area contributed by atoms with Gasteiger partial charge < -0.3 is 40.5 Å². The van der Waals surface area contributed by atoms with Crippen LogP contribution in [0.3, 0.4) is 0 Å². The van der Waals surface area contributed by atoms with Gasteiger partial charge in [-0.05, 0) is 63.3 Å². The first-order valence-electron chi connectivity index (χ1n) is 13.1. The Balaban J connectivity index is 1.61. The fourth-order valence-electron chi connectivity index (χ4n) is 4.02. The van der Waals surface area contributed by atoms with Crippen LogP contribution in [0.4, 0.5) is 5.95 Å². The molecule has 0 spiro atoms. The molecule has 3 atom stereocenters. The lowest BCUT2D eigenvalue weighted by Gasteiger charge is -2.25. The van der Waals surface area contributed by atoms with Crippen molar-refractivity contribution in [1.82, 2.24) is 20.3 Å². The highest BCUT2D eigenvalue weighted by Gasteiger charge is 2.27. The zero-order chi connectivity index (χ0) is 30.1. The van der Waals surface area contributed by atoms with Gasteiger partial charge >= 0.3 is 5.97 Å². The van der Waals surface area contributed by atoms with E-state index in [1.807, 2.05) is 0 Å². The van der Waals surface area contributed by atoms with Crippen molar-refractivity contribution in [2.24, 2.45) is 0 Å². The maximum atomic E-state index is 12.9. The number of esters is 1. The molecule has 0 saturated heterocycles. The number of aromatic nitrogens is 3. The molecule has 2 heterocycles. The fourth-order valence-corrected chi connectivity index (χ4v) is 4.02. The molecule has 0 radical (unpaired) electrons. The van der Waals surface area contributed by atoms with Gasteiger partial charge in [-0.25, -0.2) is 4.79 Å². The van der Waals surface area contributed by atoms with Crippen molar-refractivity contribution >= 4 is 28.9 Å². The standard InChI is InChI=1S/C27H37N5O9/c1-14(2)39-27(38-4)41-15(3)40-25(37)19(11-12-20(33)34)30-23(35)17-8-5-16(6-9-17)7-10-18-13-29-22-21(18)24(36)32-26(28)31-22/h5-6,8-9,13-15,19-20,27,33-34H,7,10-12H2,1-4H3,(H,30,35)(H4,28,29,31,32,36)/t15?,19-,27?/m0/s1. The Hall–Kier alpha value is -3.82. The first-order valence-corrected chi connectivity index (χ1v) is 13.1. The average Bonchev–Trinajstić information content (AvgIpc) is 3.32. The number of carbonyl (C=O) groups excluding carboxylic acids is 2. The maximum Gasteiger partial charge on any atom is 0.330 e. The van der Waals surface area contributed by atoms with Crippen LogP contribution in [0.1, 0.15) is 55.1 Å². The molecule has 14 heteroatoms. The first kappa shape index (κ1) is 31.7. The number of ether oxygens (including phenoxy) is 4. The van der Waals surface area contributed by atoms with Crippen LogP contribution in [0.15, 0.2) is 35.3 Å². The van der Waals surface area contributed by atoms with Gasteiger partial charge in [0.1, 0.15) is 11.7 Å². The number of fused-ring (bicyclic) bond motifs is 1. The number of aliphatic hydroxyl groups is 2. The van der Waals surface area contributed by atoms with Gasteiger partial charge in [-0.3, -0.25) is 19.3 Å². The van der Waals surface area contributed by atoms with Crippen LogP contribution in [0.5, 0.6) is 0 Å². The molecule has 7 N–H and O–H groups in total. The van der Waals surface area contributed by atoms with Crippen LogP contribution in [0.25, 0.3) is 11.0 Å². The predicted molar refractivity (Wildman–Crippen MR) is 147 cm³/mol. The summed E-state index contributed by atoms with van der Waals surface area (Å²) in [6.07, 6.45) is -0.375. The van der Waals surface area contributed by atoms with Crippen molar-refractivity contribution in [1.29, 1.82) is 0 Å². The number of nitrogens with one attached hydrogen (secondary N) is 3. The van der Waals surface area contributed by atoms with Crippen molar-refractivity contribution in [2.45, 2.75) is 77.7 Å². The number of amides is 1. The number of hydrogen-bond donors (Lipinski definition) is 6. The summed E-state index contributed by atoms with van der Waals surface area (Å²) in [6.45, 7) is 3.95. The number of anilines is 1. The van der Waals surface area contributed by atoms with Crippen LogP contribution < -0.4 is 16.6 Å². The molecule has 0 aliphatic carbocycles. The minimum absolute atomic E-state index is 0.0339. The van der Waals surface area contributed by atoms with E-state index < -0.39 is 37.0 Å². The summed E-state index contributed by atoms with van der Waals surface area (Å²) in [5, 5.41) is 21.6. The number of aliphatic hydroxyl groups excluding tert-OH is 1. The zero-order valence-corrected chi connectivity index (χ0v) is 23.4. The van der Waals surface area contributed by atoms with Crippen LogP contribution in [0.2, 0.25) is 0 Å². The summed E-state index contributed by atoms with van der Waals surface area (Å²) >= 11 is 0. The SMILES string of the molecule is COC(OC(C)C)OC(C)OC(=O)[C@H](CCC(O)O)NC(=O)c1ccc(CCc2c[nH]c3nc(N)[nH]c(=O)c23)cc1. The third-order valence-electron chi connectivity index (χ3n) is 6.01. The van der Waals surface area contributed by atoms with E-state index in [0.717, 1.165) is 11.1 Å². The number of carbonyl (C=O) groups is 2. The molecule has 3 rings (SSSR count). The summed E-state index contributed by atoms with van der Waals surface area (Å²) < 4.78 is 21.2. The van der Waals surface area contributed by atoms with Gasteiger partial charge in [0.25, 0.3) is 17.9 Å². The summed E-state index contributed by atoms with van der Waals surface area (Å²) in [7, 11) is 1.37. The minimum Gasteiger partial charge on any atom is -0.434 e. The summed E-state index contributed by atoms with van der Waals surface area (Å²) in [6, 6.07) is 5.58. The molecule has 3 aromatic rings. The van der Waals surface area contributed by atoms with E-state index in [0.29, 0.717) is 23.9 Å². The number of nitrogens with two attached hydrogens (primary N) is 1. The van der Waals surface area contributed by atoms with Gasteiger partial charge in [0.05, 0.1) is 11.5 Å². The van der Waals surface area contributed by atoms with Gasteiger partial charge in [0.15, 0.2) is 6.29 Å². The Morgan fingerprint density at radius 3 is 2.41 bits per heavy atom. The van der Waals surface area contributed by atoms with E-state index in [2.05, 4.69) is 20.3 Å². The molecule has 14 nitrogen and oxygen atoms in total. The van der Waals surface area contributed by atoms with E-state index in [-0.39, 0.29) is 36.0 Å². The number of nitrogen functional groups attached to an aromatic ring is 1. The minimum atomic E-state index is -1.67. The van der Waals surface area contributed by atoms with Crippen LogP contribution in [-0.2, 0) is 36.6 Å². The van der Waals surface area contributed by atoms with Crippen LogP contribution in [-0.4, -0.2) is 75.4 Å². The van der Waals surface area contributed by atoms with Crippen molar-refractivity contribution in [2.75, 3.05) is 12.8 Å². The summed E-state index contributed by atoms with van der Waals surface area (Å²) in [5.41, 5.74) is 7.67. The number of aryl methyl sites for hydroxylation is 2. The first-order chi connectivity index (χ1) is 19.5. The van der Waals surface area contributed by atoms with Gasteiger partial charge in [0.2, 0.25) is 12.2 Å². The molecule has 224 valence electrons. The molecule has 0 aliphatic heterocycles. The predicted octanol–water partition coefficient (Wildman–Crippen LogP) is 1.07. The molecule has 0 bridgehead atoms. The number of nitrogens with zero attached hydrogens (tertiary/aromatic N) is 1. The second-order valence-corrected chi connectivity index (χ2v) is 9.62. The lowest BCUT2D eigenvalue weighted by Crippen LogP contribution is -2.44. The maximum absolute atomic E-state index is 12.9. The van der Waals surface area contributed by atoms with Gasteiger partial charge in [0, 0.05) is 25.3 Å². The van der Waals surface area contributed by atoms with E-state index in [9.17, 15) is 24.6 Å². The van der Waals surface area contributed by atoms with Crippen molar-refractivity contribution < 1.29 is 38.7 Å². The molecule has 41 heavy (non-hydrogen) atoms. The van der Waals surface area contributed by atoms with Gasteiger partial charge in [-0.2, -0.15) is 4.98 Å². The second-order valence-electron chi connectivity index (χ2n) is 9.62. The molecule has 1 amide bonds. The highest BCUT2D eigenvalue weighted by atomic mass is 16.9. The molecule has 0 fully saturated rings. The van der Waals surface area contributed by atoms with E-state index in [4.69, 9.17) is 24.7 Å². The Morgan fingerprint density at radius 2 is 1.78 bits per heavy atom. The zero-order valence-electron chi connectivity index (χ0n) is 23.4. The molecule has 2 aromatic heterocycles. The topological polar surface area (TPSA) is 211 Å². The van der Waals surface area contributed by atoms with E-state index in [1.54, 1.807) is 44.3 Å². The number of aromatic amines is 2. The normalized spacial score (nSPS) is 13.9. The van der Waals surface area contributed by atoms with Crippen molar-refractivity contribution in [3.63, 3.8) is 0 Å². The molecule has 2 unspecified atom stereocenters. The molecule has 0 saturated carbocycles. The fraction of sp³-hybridized carbons (Fsp3) is 0.481. The summed E-state index contributed by atoms with van der Waals surface area (Å²) in [4.78, 5) is 47.5. The Morgan fingerprint density at radius 1 is 1.07 bits per heavy atom. The lowest BCUT2D eigenvalue weighted by atomic mass is 10.0. The van der Waals surface area contributed by atoms with Gasteiger partial charge in [-0.1, -0.05) is 12.1 Å². The third-order valence-corrected chi connectivity index (χ3v) is 6.01. The van der Waals surface area contributed by atoms with Crippen molar-refractivity contribution in [3.8, 4) is 0 Å². The highest BCUT2D eigenvalue weighted by molar-refractivity contribution is 5.96. The summed E-state index contributed by atoms with van der Waals surface area (Å²) in [5.74, 6) is -1.34. The number of hydrogen-bond acceptors (Lipinski definition) is 11. The Bertz CT molecular complexity index is 1350. The Kier molecular flexibility index (Phi) is 11.4. The molecular formula is C27H37N5O9. The number of rotatable bonds is 15. The quantitative estimate of drug-likeness (QED) is 0.111. The third kappa shape index (κ3) is 9.37. The number of H-pyrrole nitrogens is 2. The number of methoxy groups -OCH3 is 1. The van der Waals surface area contributed by atoms with Gasteiger partial charge in [-0.15, -0.1) is 0 Å². The Labute approximate surface area is 236 Å². The van der Waals surface area contributed by atoms with Crippen molar-refractivity contribution in [3.05, 3.63) is 57.5 Å². The molecule has 0 aliphatic rings. The second kappa shape index (κ2) is 14.7. The molecular weight excluding hydrogens is 538 g/mol. The lowest BCUT2D eigenvalue weighted by molar-refractivity contribution is -0.333. The highest BCUT2D eigenvalue weighted by Crippen LogP contribution is 2.16. The largest absolute Gasteiger partial charge is 0.434 e. The van der Waals surface area contributed by atoms with E-state index >= 15 is 0 Å². The molecule has 1 aromatic carbocycles. The van der Waals surface area contributed by atoms with E-state index in [1.165, 1.54) is 14.0 Å².